The van der Waals surface area contributed by atoms with Crippen LogP contribution in [0.25, 0.3) is 0 Å². The van der Waals surface area contributed by atoms with Crippen LogP contribution >= 0.6 is 11.6 Å². The number of hydrogen-bond acceptors (Lipinski definition) is 5. The molecule has 2 unspecified atom stereocenters. The summed E-state index contributed by atoms with van der Waals surface area (Å²) in [4.78, 5) is 17.8. The molecule has 2 fully saturated rings. The molecular weight excluding hydrogens is 376 g/mol. The van der Waals surface area contributed by atoms with E-state index in [1.54, 1.807) is 12.1 Å². The van der Waals surface area contributed by atoms with Gasteiger partial charge in [0.1, 0.15) is 12.4 Å². The minimum absolute atomic E-state index is 0.136. The highest BCUT2D eigenvalue weighted by Crippen LogP contribution is 2.31. The standard InChI is InChI=1S/C21H29ClN4O2/c1-4-5-6-7-28-20-11-19(23)18(22)10-17(20)21(27)24-14-8-15-12-25(2)13-16(9-14)26(15)3/h10-11,14-16H,4,7-9,12-13,23H2,1-3H3,(H,24,27). The van der Waals surface area contributed by atoms with E-state index < -0.39 is 0 Å². The van der Waals surface area contributed by atoms with Gasteiger partial charge in [0.25, 0.3) is 5.91 Å². The van der Waals surface area contributed by atoms with Crippen LogP contribution in [-0.4, -0.2) is 67.6 Å². The largest absolute Gasteiger partial charge is 0.480 e. The minimum Gasteiger partial charge on any atom is -0.480 e. The van der Waals surface area contributed by atoms with Gasteiger partial charge in [-0.15, -0.1) is 5.92 Å². The number of hydrogen-bond donors (Lipinski definition) is 2. The number of halogens is 1. The Morgan fingerprint density at radius 3 is 2.61 bits per heavy atom. The molecule has 1 amide bonds. The van der Waals surface area contributed by atoms with Crippen molar-refractivity contribution in [2.24, 2.45) is 0 Å². The maximum Gasteiger partial charge on any atom is 0.255 e. The summed E-state index contributed by atoms with van der Waals surface area (Å²) in [5.41, 5.74) is 6.69. The fourth-order valence-electron chi connectivity index (χ4n) is 4.12. The van der Waals surface area contributed by atoms with Gasteiger partial charge in [0.05, 0.1) is 16.3 Å². The number of likely N-dealkylation sites (tertiary alicyclic amines) is 1. The second-order valence-electron chi connectivity index (χ2n) is 7.70. The van der Waals surface area contributed by atoms with Crippen LogP contribution < -0.4 is 15.8 Å². The summed E-state index contributed by atoms with van der Waals surface area (Å²) in [6.45, 7) is 4.23. The average Bonchev–Trinajstić information content (AvgIpc) is 2.63. The first-order chi connectivity index (χ1) is 13.4. The topological polar surface area (TPSA) is 70.8 Å². The summed E-state index contributed by atoms with van der Waals surface area (Å²) in [6, 6.07) is 4.23. The molecule has 2 bridgehead atoms. The second kappa shape index (κ2) is 9.04. The molecule has 28 heavy (non-hydrogen) atoms. The molecule has 0 radical (unpaired) electrons. The summed E-state index contributed by atoms with van der Waals surface area (Å²) in [5.74, 6) is 6.10. The van der Waals surface area contributed by atoms with E-state index in [1.807, 2.05) is 6.92 Å². The third-order valence-corrected chi connectivity index (χ3v) is 5.92. The first kappa shape index (κ1) is 20.8. The van der Waals surface area contributed by atoms with Crippen molar-refractivity contribution in [2.75, 3.05) is 39.5 Å². The summed E-state index contributed by atoms with van der Waals surface area (Å²) < 4.78 is 5.70. The Bertz CT molecular complexity index is 773. The lowest BCUT2D eigenvalue weighted by atomic mass is 9.88. The van der Waals surface area contributed by atoms with Crippen molar-refractivity contribution in [1.29, 1.82) is 0 Å². The molecule has 1 aromatic rings. The van der Waals surface area contributed by atoms with Crippen molar-refractivity contribution in [2.45, 2.75) is 44.3 Å². The number of nitrogens with two attached hydrogens (primary N) is 1. The SMILES string of the molecule is CCC#CCOc1cc(N)c(Cl)cc1C(=O)NC1CC2CN(C)CC(C1)N2C. The van der Waals surface area contributed by atoms with Gasteiger partial charge in [0, 0.05) is 43.7 Å². The zero-order valence-corrected chi connectivity index (χ0v) is 17.6. The number of fused-ring (bicyclic) bond motifs is 2. The van der Waals surface area contributed by atoms with Crippen molar-refractivity contribution >= 4 is 23.2 Å². The highest BCUT2D eigenvalue weighted by atomic mass is 35.5. The smallest absolute Gasteiger partial charge is 0.255 e. The van der Waals surface area contributed by atoms with Crippen LogP contribution in [0.1, 0.15) is 36.5 Å². The van der Waals surface area contributed by atoms with Gasteiger partial charge in [-0.1, -0.05) is 24.4 Å². The average molecular weight is 405 g/mol. The molecule has 0 saturated carbocycles. The van der Waals surface area contributed by atoms with Gasteiger partial charge in [0.2, 0.25) is 0 Å². The van der Waals surface area contributed by atoms with E-state index in [2.05, 4.69) is 41.1 Å². The van der Waals surface area contributed by atoms with Gasteiger partial charge in [-0.25, -0.2) is 0 Å². The lowest BCUT2D eigenvalue weighted by molar-refractivity contribution is 0.00838. The molecule has 2 saturated heterocycles. The van der Waals surface area contributed by atoms with E-state index in [9.17, 15) is 4.79 Å². The number of piperidine rings is 1. The molecule has 0 aromatic heterocycles. The fourth-order valence-corrected chi connectivity index (χ4v) is 4.28. The van der Waals surface area contributed by atoms with Crippen LogP contribution in [0.2, 0.25) is 5.02 Å². The molecule has 3 N–H and O–H groups in total. The number of nitrogen functional groups attached to an aromatic ring is 1. The van der Waals surface area contributed by atoms with Gasteiger partial charge in [-0.2, -0.15) is 0 Å². The number of nitrogens with zero attached hydrogens (tertiary/aromatic N) is 2. The van der Waals surface area contributed by atoms with E-state index in [1.165, 1.54) is 0 Å². The highest BCUT2D eigenvalue weighted by molar-refractivity contribution is 6.33. The van der Waals surface area contributed by atoms with E-state index in [4.69, 9.17) is 22.1 Å². The Hall–Kier alpha value is -1.94. The van der Waals surface area contributed by atoms with Crippen LogP contribution in [0.4, 0.5) is 5.69 Å². The summed E-state index contributed by atoms with van der Waals surface area (Å²) in [6.07, 6.45) is 2.63. The molecular formula is C21H29ClN4O2. The van der Waals surface area contributed by atoms with Gasteiger partial charge >= 0.3 is 0 Å². The number of carbonyl (C=O) groups excluding carboxylic acids is 1. The van der Waals surface area contributed by atoms with Crippen molar-refractivity contribution in [3.63, 3.8) is 0 Å². The number of likely N-dealkylation sites (N-methyl/N-ethyl adjacent to an activating group) is 2. The quantitative estimate of drug-likeness (QED) is 0.594. The van der Waals surface area contributed by atoms with E-state index in [-0.39, 0.29) is 18.6 Å². The first-order valence-electron chi connectivity index (χ1n) is 9.77. The van der Waals surface area contributed by atoms with Gasteiger partial charge in [-0.05, 0) is 33.0 Å². The molecule has 1 aromatic carbocycles. The Balaban J connectivity index is 1.72. The van der Waals surface area contributed by atoms with E-state index in [0.717, 1.165) is 32.4 Å². The van der Waals surface area contributed by atoms with Crippen LogP contribution in [0.15, 0.2) is 12.1 Å². The Labute approximate surface area is 172 Å². The van der Waals surface area contributed by atoms with E-state index in [0.29, 0.717) is 34.1 Å². The maximum absolute atomic E-state index is 13.0. The number of amides is 1. The maximum atomic E-state index is 13.0. The van der Waals surface area contributed by atoms with Crippen molar-refractivity contribution in [3.8, 4) is 17.6 Å². The van der Waals surface area contributed by atoms with Crippen LogP contribution in [-0.2, 0) is 0 Å². The van der Waals surface area contributed by atoms with E-state index >= 15 is 0 Å². The molecule has 2 aliphatic heterocycles. The third kappa shape index (κ3) is 4.72. The van der Waals surface area contributed by atoms with Crippen LogP contribution in [0.5, 0.6) is 5.75 Å². The number of carbonyl (C=O) groups is 1. The van der Waals surface area contributed by atoms with Crippen molar-refractivity contribution < 1.29 is 9.53 Å². The second-order valence-corrected chi connectivity index (χ2v) is 8.11. The number of nitrogens with one attached hydrogen (secondary N) is 1. The molecule has 2 atom stereocenters. The predicted octanol–water partition coefficient (Wildman–Crippen LogP) is 2.22. The van der Waals surface area contributed by atoms with Crippen molar-refractivity contribution in [3.05, 3.63) is 22.7 Å². The Kier molecular flexibility index (Phi) is 6.71. The van der Waals surface area contributed by atoms with Crippen LogP contribution in [0, 0.1) is 11.8 Å². The Morgan fingerprint density at radius 1 is 1.29 bits per heavy atom. The molecule has 2 heterocycles. The zero-order chi connectivity index (χ0) is 20.3. The highest BCUT2D eigenvalue weighted by Gasteiger charge is 2.38. The summed E-state index contributed by atoms with van der Waals surface area (Å²) >= 11 is 6.17. The number of ether oxygens (including phenoxy) is 1. The predicted molar refractivity (Wildman–Crippen MR) is 113 cm³/mol. The fraction of sp³-hybridized carbons (Fsp3) is 0.571. The Morgan fingerprint density at radius 2 is 1.96 bits per heavy atom. The molecule has 6 nitrogen and oxygen atoms in total. The first-order valence-corrected chi connectivity index (χ1v) is 10.2. The van der Waals surface area contributed by atoms with Gasteiger partial charge < -0.3 is 20.7 Å². The number of benzene rings is 1. The molecule has 2 aliphatic rings. The number of piperazine rings is 1. The van der Waals surface area contributed by atoms with Gasteiger partial charge in [0.15, 0.2) is 0 Å². The zero-order valence-electron chi connectivity index (χ0n) is 16.8. The molecule has 3 rings (SSSR count). The third-order valence-electron chi connectivity index (χ3n) is 5.59. The summed E-state index contributed by atoms with van der Waals surface area (Å²) in [5, 5.41) is 3.53. The van der Waals surface area contributed by atoms with Crippen LogP contribution in [0.3, 0.4) is 0 Å². The van der Waals surface area contributed by atoms with Gasteiger partial charge in [-0.3, -0.25) is 9.69 Å². The number of rotatable bonds is 4. The number of anilines is 1. The molecule has 152 valence electrons. The molecule has 0 spiro atoms. The monoisotopic (exact) mass is 404 g/mol. The van der Waals surface area contributed by atoms with Crippen molar-refractivity contribution in [1.82, 2.24) is 15.1 Å². The lowest BCUT2D eigenvalue weighted by Crippen LogP contribution is -2.63. The normalized spacial score (nSPS) is 24.9. The minimum atomic E-state index is -0.179. The summed E-state index contributed by atoms with van der Waals surface area (Å²) in [7, 11) is 4.34. The lowest BCUT2D eigenvalue weighted by Gasteiger charge is -2.50. The molecule has 7 heteroatoms. The molecule has 0 aliphatic carbocycles.